The number of sulfonamides is 1. The lowest BCUT2D eigenvalue weighted by atomic mass is 10.0. The van der Waals surface area contributed by atoms with Crippen molar-refractivity contribution >= 4 is 32.4 Å². The average Bonchev–Trinajstić information content (AvgIpc) is 3.02. The molecule has 1 aliphatic carbocycles. The van der Waals surface area contributed by atoms with Crippen LogP contribution < -0.4 is 10.0 Å². The number of hydrogen-bond donors (Lipinski definition) is 2. The fraction of sp³-hybridized carbons (Fsp3) is 0.294. The Morgan fingerprint density at radius 2 is 2.12 bits per heavy atom. The smallest absolute Gasteiger partial charge is 0.257 e. The summed E-state index contributed by atoms with van der Waals surface area (Å²) in [6.07, 6.45) is 9.28. The van der Waals surface area contributed by atoms with Crippen LogP contribution >= 0.6 is 11.3 Å². The molecule has 0 spiro atoms. The Morgan fingerprint density at radius 1 is 1.32 bits per heavy atom. The second-order valence-electron chi connectivity index (χ2n) is 5.61. The number of anilines is 1. The highest BCUT2D eigenvalue weighted by Gasteiger charge is 2.18. The summed E-state index contributed by atoms with van der Waals surface area (Å²) in [5.41, 5.74) is 1.30. The van der Waals surface area contributed by atoms with E-state index in [1.165, 1.54) is 34.4 Å². The topological polar surface area (TPSA) is 88.2 Å². The highest BCUT2D eigenvalue weighted by atomic mass is 32.2. The maximum Gasteiger partial charge on any atom is 0.257 e. The van der Waals surface area contributed by atoms with E-state index in [9.17, 15) is 13.2 Å². The Morgan fingerprint density at radius 3 is 2.88 bits per heavy atom. The minimum atomic E-state index is -3.74. The number of nitrogens with one attached hydrogen (secondary N) is 2. The van der Waals surface area contributed by atoms with E-state index in [0.717, 1.165) is 31.4 Å². The van der Waals surface area contributed by atoms with Crippen LogP contribution in [0.1, 0.15) is 33.8 Å². The maximum absolute atomic E-state index is 12.4. The van der Waals surface area contributed by atoms with Gasteiger partial charge < -0.3 is 0 Å². The van der Waals surface area contributed by atoms with E-state index in [0.29, 0.717) is 5.13 Å². The van der Waals surface area contributed by atoms with E-state index in [-0.39, 0.29) is 22.9 Å². The fourth-order valence-corrected chi connectivity index (χ4v) is 4.62. The standard InChI is InChI=1S/C17H17N3O3S2/c1-2-10-18-25(22,23)13-7-5-6-12(11-13)16(21)20-17-19-14-8-3-4-9-15(14)24-17/h1,5-7,11,18H,3-4,8-10H2,(H,19,20,21). The molecule has 25 heavy (non-hydrogen) atoms. The number of aryl methyl sites for hydroxylation is 2. The summed E-state index contributed by atoms with van der Waals surface area (Å²) in [5.74, 6) is 1.82. The molecular formula is C17H17N3O3S2. The number of thiazole rings is 1. The van der Waals surface area contributed by atoms with Crippen LogP contribution in [-0.2, 0) is 22.9 Å². The number of benzene rings is 1. The van der Waals surface area contributed by atoms with Crippen LogP contribution in [0.25, 0.3) is 0 Å². The average molecular weight is 375 g/mol. The third kappa shape index (κ3) is 4.07. The van der Waals surface area contributed by atoms with Crippen molar-refractivity contribution in [2.24, 2.45) is 0 Å². The van der Waals surface area contributed by atoms with Gasteiger partial charge in [0.25, 0.3) is 5.91 Å². The molecule has 0 saturated heterocycles. The fourth-order valence-electron chi connectivity index (χ4n) is 2.60. The minimum Gasteiger partial charge on any atom is -0.298 e. The van der Waals surface area contributed by atoms with E-state index < -0.39 is 10.0 Å². The molecule has 0 saturated carbocycles. The zero-order valence-corrected chi connectivity index (χ0v) is 15.0. The zero-order valence-electron chi connectivity index (χ0n) is 13.4. The molecule has 0 radical (unpaired) electrons. The van der Waals surface area contributed by atoms with Gasteiger partial charge in [-0.15, -0.1) is 17.8 Å². The molecule has 0 fully saturated rings. The molecule has 130 valence electrons. The first-order chi connectivity index (χ1) is 12.0. The summed E-state index contributed by atoms with van der Waals surface area (Å²) < 4.78 is 26.5. The van der Waals surface area contributed by atoms with Crippen LogP contribution in [0.4, 0.5) is 5.13 Å². The molecule has 1 heterocycles. The van der Waals surface area contributed by atoms with Crippen LogP contribution in [0.15, 0.2) is 29.2 Å². The Labute approximate surface area is 150 Å². The van der Waals surface area contributed by atoms with E-state index in [2.05, 4.69) is 20.9 Å². The molecule has 6 nitrogen and oxygen atoms in total. The van der Waals surface area contributed by atoms with Gasteiger partial charge >= 0.3 is 0 Å². The van der Waals surface area contributed by atoms with Gasteiger partial charge in [0.1, 0.15) is 0 Å². The highest BCUT2D eigenvalue weighted by Crippen LogP contribution is 2.29. The van der Waals surface area contributed by atoms with Crippen LogP contribution in [0, 0.1) is 12.3 Å². The number of hydrogen-bond acceptors (Lipinski definition) is 5. The van der Waals surface area contributed by atoms with Crippen molar-refractivity contribution < 1.29 is 13.2 Å². The lowest BCUT2D eigenvalue weighted by molar-refractivity contribution is 0.102. The molecule has 0 aliphatic heterocycles. The third-order valence-electron chi connectivity index (χ3n) is 3.84. The van der Waals surface area contributed by atoms with E-state index in [1.54, 1.807) is 6.07 Å². The summed E-state index contributed by atoms with van der Waals surface area (Å²) >= 11 is 1.48. The third-order valence-corrected chi connectivity index (χ3v) is 6.31. The number of aromatic nitrogens is 1. The van der Waals surface area contributed by atoms with Gasteiger partial charge in [-0.3, -0.25) is 10.1 Å². The van der Waals surface area contributed by atoms with Gasteiger partial charge in [-0.1, -0.05) is 12.0 Å². The Hall–Kier alpha value is -2.21. The number of carbonyl (C=O) groups excluding carboxylic acids is 1. The maximum atomic E-state index is 12.4. The predicted molar refractivity (Wildman–Crippen MR) is 97.2 cm³/mol. The molecule has 0 atom stereocenters. The van der Waals surface area contributed by atoms with Gasteiger partial charge in [-0.25, -0.2) is 13.4 Å². The molecule has 1 aromatic carbocycles. The first-order valence-electron chi connectivity index (χ1n) is 7.83. The van der Waals surface area contributed by atoms with Crippen molar-refractivity contribution in [3.8, 4) is 12.3 Å². The first-order valence-corrected chi connectivity index (χ1v) is 10.1. The number of terminal acetylenes is 1. The summed E-state index contributed by atoms with van der Waals surface area (Å²) in [5, 5.41) is 3.31. The summed E-state index contributed by atoms with van der Waals surface area (Å²) in [6, 6.07) is 5.81. The Bertz CT molecular complexity index is 919. The SMILES string of the molecule is C#CCNS(=O)(=O)c1cccc(C(=O)Nc2nc3c(s2)CCCC3)c1. The summed E-state index contributed by atoms with van der Waals surface area (Å²) in [7, 11) is -3.74. The minimum absolute atomic E-state index is 0.00571. The predicted octanol–water partition coefficient (Wildman–Crippen LogP) is 2.19. The second kappa shape index (κ2) is 7.35. The van der Waals surface area contributed by atoms with Crippen LogP contribution in [0.5, 0.6) is 0 Å². The van der Waals surface area contributed by atoms with Crippen LogP contribution in [0.3, 0.4) is 0 Å². The molecule has 0 bridgehead atoms. The number of nitrogens with zero attached hydrogens (tertiary/aromatic N) is 1. The van der Waals surface area contributed by atoms with Crippen LogP contribution in [0.2, 0.25) is 0 Å². The summed E-state index contributed by atoms with van der Waals surface area (Å²) in [6.45, 7) is -0.108. The van der Waals surface area contributed by atoms with E-state index >= 15 is 0 Å². The molecule has 8 heteroatoms. The normalized spacial score (nSPS) is 13.7. The number of carbonyl (C=O) groups is 1. The molecule has 3 rings (SSSR count). The lowest BCUT2D eigenvalue weighted by Crippen LogP contribution is -2.24. The van der Waals surface area contributed by atoms with Crippen molar-refractivity contribution in [3.05, 3.63) is 40.4 Å². The number of rotatable bonds is 5. The van der Waals surface area contributed by atoms with Gasteiger partial charge in [0.2, 0.25) is 10.0 Å². The van der Waals surface area contributed by atoms with Gasteiger partial charge in [-0.2, -0.15) is 4.72 Å². The molecular weight excluding hydrogens is 358 g/mol. The lowest BCUT2D eigenvalue weighted by Gasteiger charge is -2.06. The molecule has 0 unspecified atom stereocenters. The molecule has 1 aliphatic rings. The van der Waals surface area contributed by atoms with Gasteiger partial charge in [0.05, 0.1) is 17.1 Å². The Kier molecular flexibility index (Phi) is 5.18. The highest BCUT2D eigenvalue weighted by molar-refractivity contribution is 7.89. The number of amides is 1. The van der Waals surface area contributed by atoms with Crippen LogP contribution in [-0.4, -0.2) is 25.9 Å². The van der Waals surface area contributed by atoms with Crippen molar-refractivity contribution in [1.82, 2.24) is 9.71 Å². The first kappa shape index (κ1) is 17.6. The van der Waals surface area contributed by atoms with E-state index in [4.69, 9.17) is 6.42 Å². The summed E-state index contributed by atoms with van der Waals surface area (Å²) in [4.78, 5) is 18.1. The van der Waals surface area contributed by atoms with Crippen molar-refractivity contribution in [3.63, 3.8) is 0 Å². The molecule has 2 N–H and O–H groups in total. The molecule has 1 amide bonds. The quantitative estimate of drug-likeness (QED) is 0.784. The van der Waals surface area contributed by atoms with Crippen molar-refractivity contribution in [2.45, 2.75) is 30.6 Å². The van der Waals surface area contributed by atoms with Gasteiger partial charge in [0.15, 0.2) is 5.13 Å². The van der Waals surface area contributed by atoms with Crippen molar-refractivity contribution in [1.29, 1.82) is 0 Å². The van der Waals surface area contributed by atoms with Gasteiger partial charge in [-0.05, 0) is 43.9 Å². The number of fused-ring (bicyclic) bond motifs is 1. The second-order valence-corrected chi connectivity index (χ2v) is 8.46. The largest absolute Gasteiger partial charge is 0.298 e. The monoisotopic (exact) mass is 375 g/mol. The van der Waals surface area contributed by atoms with Gasteiger partial charge in [0, 0.05) is 10.4 Å². The van der Waals surface area contributed by atoms with E-state index in [1.807, 2.05) is 0 Å². The van der Waals surface area contributed by atoms with Crippen molar-refractivity contribution in [2.75, 3.05) is 11.9 Å². The molecule has 1 aromatic heterocycles. The molecule has 2 aromatic rings. The Balaban J connectivity index is 1.77. The zero-order chi connectivity index (χ0) is 17.9.